The molecule has 0 aromatic heterocycles. The maximum absolute atomic E-state index is 13.0. The summed E-state index contributed by atoms with van der Waals surface area (Å²) in [5.74, 6) is 0.417. The Kier molecular flexibility index (Phi) is 5.40. The van der Waals surface area contributed by atoms with E-state index in [9.17, 15) is 4.39 Å². The van der Waals surface area contributed by atoms with Crippen LogP contribution in [-0.4, -0.2) is 7.11 Å². The quantitative estimate of drug-likeness (QED) is 0.847. The van der Waals surface area contributed by atoms with Gasteiger partial charge in [-0.2, -0.15) is 0 Å². The van der Waals surface area contributed by atoms with Crippen LogP contribution in [-0.2, 0) is 13.1 Å². The maximum Gasteiger partial charge on any atom is 0.141 e. The molecule has 106 valence electrons. The van der Waals surface area contributed by atoms with Crippen LogP contribution in [0.1, 0.15) is 11.1 Å². The van der Waals surface area contributed by atoms with Crippen molar-refractivity contribution in [3.05, 3.63) is 62.8 Å². The lowest BCUT2D eigenvalue weighted by Gasteiger charge is -2.09. The van der Waals surface area contributed by atoms with Crippen LogP contribution >= 0.6 is 27.5 Å². The van der Waals surface area contributed by atoms with E-state index in [2.05, 4.69) is 21.2 Å². The Bertz CT molecular complexity index is 606. The summed E-state index contributed by atoms with van der Waals surface area (Å²) in [4.78, 5) is 0. The lowest BCUT2D eigenvalue weighted by atomic mass is 10.2. The molecule has 2 aromatic carbocycles. The molecular formula is C15H14BrClFNO. The van der Waals surface area contributed by atoms with Crippen molar-refractivity contribution in [1.29, 1.82) is 0 Å². The van der Waals surface area contributed by atoms with Crippen molar-refractivity contribution in [1.82, 2.24) is 5.32 Å². The minimum atomic E-state index is -0.397. The van der Waals surface area contributed by atoms with Crippen molar-refractivity contribution in [2.45, 2.75) is 13.1 Å². The lowest BCUT2D eigenvalue weighted by molar-refractivity contribution is 0.414. The van der Waals surface area contributed by atoms with Crippen LogP contribution in [0.2, 0.25) is 5.02 Å². The molecule has 0 unspecified atom stereocenters. The summed E-state index contributed by atoms with van der Waals surface area (Å²) in [7, 11) is 1.64. The largest absolute Gasteiger partial charge is 0.497 e. The molecule has 0 heterocycles. The Morgan fingerprint density at radius 1 is 1.20 bits per heavy atom. The molecular weight excluding hydrogens is 345 g/mol. The Morgan fingerprint density at radius 3 is 2.70 bits per heavy atom. The molecule has 0 aliphatic heterocycles. The van der Waals surface area contributed by atoms with E-state index in [1.165, 1.54) is 6.07 Å². The van der Waals surface area contributed by atoms with Crippen LogP contribution in [0.3, 0.4) is 0 Å². The SMILES string of the molecule is COc1ccc(Br)c(CNCc2ccc(F)c(Cl)c2)c1. The zero-order valence-corrected chi connectivity index (χ0v) is 13.3. The topological polar surface area (TPSA) is 21.3 Å². The number of methoxy groups -OCH3 is 1. The molecule has 0 aliphatic rings. The van der Waals surface area contributed by atoms with Crippen LogP contribution in [0.25, 0.3) is 0 Å². The first-order valence-electron chi connectivity index (χ1n) is 6.07. The van der Waals surface area contributed by atoms with Crippen LogP contribution < -0.4 is 10.1 Å². The molecule has 0 saturated carbocycles. The number of ether oxygens (including phenoxy) is 1. The van der Waals surface area contributed by atoms with Gasteiger partial charge in [0.2, 0.25) is 0 Å². The summed E-state index contributed by atoms with van der Waals surface area (Å²) in [6, 6.07) is 10.5. The fourth-order valence-electron chi connectivity index (χ4n) is 1.80. The van der Waals surface area contributed by atoms with Crippen LogP contribution in [0, 0.1) is 5.82 Å². The second kappa shape index (κ2) is 7.07. The van der Waals surface area contributed by atoms with Gasteiger partial charge in [0.25, 0.3) is 0 Å². The molecule has 1 N–H and O–H groups in total. The summed E-state index contributed by atoms with van der Waals surface area (Å²) in [5.41, 5.74) is 2.04. The molecule has 0 atom stereocenters. The third kappa shape index (κ3) is 3.95. The van der Waals surface area contributed by atoms with Crippen molar-refractivity contribution in [2.75, 3.05) is 7.11 Å². The molecule has 2 aromatic rings. The van der Waals surface area contributed by atoms with Crippen LogP contribution in [0.15, 0.2) is 40.9 Å². The normalized spacial score (nSPS) is 10.6. The Morgan fingerprint density at radius 2 is 2.00 bits per heavy atom. The maximum atomic E-state index is 13.0. The van der Waals surface area contributed by atoms with Gasteiger partial charge in [-0.1, -0.05) is 33.6 Å². The van der Waals surface area contributed by atoms with Crippen molar-refractivity contribution in [2.24, 2.45) is 0 Å². The third-order valence-electron chi connectivity index (χ3n) is 2.88. The zero-order chi connectivity index (χ0) is 14.5. The summed E-state index contributed by atoms with van der Waals surface area (Å²) in [6.45, 7) is 1.29. The van der Waals surface area contributed by atoms with Gasteiger partial charge in [-0.05, 0) is 41.5 Å². The van der Waals surface area contributed by atoms with Crippen molar-refractivity contribution in [3.63, 3.8) is 0 Å². The monoisotopic (exact) mass is 357 g/mol. The average molecular weight is 359 g/mol. The number of benzene rings is 2. The van der Waals surface area contributed by atoms with Gasteiger partial charge < -0.3 is 10.1 Å². The van der Waals surface area contributed by atoms with E-state index >= 15 is 0 Å². The highest BCUT2D eigenvalue weighted by molar-refractivity contribution is 9.10. The molecule has 2 rings (SSSR count). The second-order valence-electron chi connectivity index (χ2n) is 4.31. The second-order valence-corrected chi connectivity index (χ2v) is 5.57. The number of hydrogen-bond donors (Lipinski definition) is 1. The van der Waals surface area contributed by atoms with Gasteiger partial charge in [0.05, 0.1) is 12.1 Å². The number of rotatable bonds is 5. The molecule has 0 spiro atoms. The molecule has 5 heteroatoms. The van der Waals surface area contributed by atoms with Gasteiger partial charge in [0, 0.05) is 17.6 Å². The first kappa shape index (κ1) is 15.3. The smallest absolute Gasteiger partial charge is 0.141 e. The number of nitrogens with one attached hydrogen (secondary N) is 1. The standard InChI is InChI=1S/C15H14BrClFNO/c1-20-12-3-4-13(16)11(7-12)9-19-8-10-2-5-15(18)14(17)6-10/h2-7,19H,8-9H2,1H3. The first-order chi connectivity index (χ1) is 9.60. The van der Waals surface area contributed by atoms with Gasteiger partial charge in [-0.15, -0.1) is 0 Å². The first-order valence-corrected chi connectivity index (χ1v) is 7.24. The fourth-order valence-corrected chi connectivity index (χ4v) is 2.39. The molecule has 0 fully saturated rings. The Hall–Kier alpha value is -1.10. The zero-order valence-electron chi connectivity index (χ0n) is 10.9. The summed E-state index contributed by atoms with van der Waals surface area (Å²) in [5, 5.41) is 3.44. The van der Waals surface area contributed by atoms with E-state index < -0.39 is 5.82 Å². The minimum Gasteiger partial charge on any atom is -0.497 e. The summed E-state index contributed by atoms with van der Waals surface area (Å²) >= 11 is 9.25. The fraction of sp³-hybridized carbons (Fsp3) is 0.200. The van der Waals surface area contributed by atoms with Gasteiger partial charge >= 0.3 is 0 Å². The van der Waals surface area contributed by atoms with E-state index in [1.54, 1.807) is 19.2 Å². The minimum absolute atomic E-state index is 0.145. The highest BCUT2D eigenvalue weighted by atomic mass is 79.9. The van der Waals surface area contributed by atoms with E-state index in [0.717, 1.165) is 21.3 Å². The Labute approximate surface area is 131 Å². The van der Waals surface area contributed by atoms with Gasteiger partial charge in [-0.3, -0.25) is 0 Å². The van der Waals surface area contributed by atoms with Crippen LogP contribution in [0.4, 0.5) is 4.39 Å². The molecule has 0 aliphatic carbocycles. The average Bonchev–Trinajstić information content (AvgIpc) is 2.45. The number of hydrogen-bond acceptors (Lipinski definition) is 2. The molecule has 0 bridgehead atoms. The summed E-state index contributed by atoms with van der Waals surface area (Å²) in [6.07, 6.45) is 0. The predicted octanol–water partition coefficient (Wildman–Crippen LogP) is 4.54. The van der Waals surface area contributed by atoms with E-state index in [1.807, 2.05) is 18.2 Å². The third-order valence-corrected chi connectivity index (χ3v) is 3.94. The van der Waals surface area contributed by atoms with E-state index in [4.69, 9.17) is 16.3 Å². The molecule has 20 heavy (non-hydrogen) atoms. The van der Waals surface area contributed by atoms with Crippen LogP contribution in [0.5, 0.6) is 5.75 Å². The summed E-state index contributed by atoms with van der Waals surface area (Å²) < 4.78 is 19.3. The number of halogens is 3. The van der Waals surface area contributed by atoms with Crippen molar-refractivity contribution >= 4 is 27.5 Å². The van der Waals surface area contributed by atoms with Gasteiger partial charge in [0.15, 0.2) is 0 Å². The highest BCUT2D eigenvalue weighted by Crippen LogP contribution is 2.22. The van der Waals surface area contributed by atoms with Gasteiger partial charge in [-0.25, -0.2) is 4.39 Å². The lowest BCUT2D eigenvalue weighted by Crippen LogP contribution is -2.13. The van der Waals surface area contributed by atoms with Crippen molar-refractivity contribution < 1.29 is 9.13 Å². The molecule has 0 saturated heterocycles. The Balaban J connectivity index is 1.97. The highest BCUT2D eigenvalue weighted by Gasteiger charge is 2.04. The predicted molar refractivity (Wildman–Crippen MR) is 82.6 cm³/mol. The van der Waals surface area contributed by atoms with Crippen molar-refractivity contribution in [3.8, 4) is 5.75 Å². The van der Waals surface area contributed by atoms with E-state index in [-0.39, 0.29) is 5.02 Å². The molecule has 0 radical (unpaired) electrons. The van der Waals surface area contributed by atoms with Gasteiger partial charge in [0.1, 0.15) is 11.6 Å². The molecule has 2 nitrogen and oxygen atoms in total. The van der Waals surface area contributed by atoms with E-state index in [0.29, 0.717) is 13.1 Å². The molecule has 0 amide bonds.